The van der Waals surface area contributed by atoms with Crippen molar-refractivity contribution in [3.05, 3.63) is 58.8 Å². The first-order chi connectivity index (χ1) is 16.9. The third-order valence-electron chi connectivity index (χ3n) is 8.07. The van der Waals surface area contributed by atoms with Gasteiger partial charge in [0.15, 0.2) is 0 Å². The van der Waals surface area contributed by atoms with Crippen LogP contribution in [0.1, 0.15) is 80.5 Å². The minimum Gasteiger partial charge on any atom is -0.379 e. The largest absolute Gasteiger partial charge is 0.379 e. The summed E-state index contributed by atoms with van der Waals surface area (Å²) in [6, 6.07) is 6.62. The lowest BCUT2D eigenvalue weighted by Gasteiger charge is -2.44. The van der Waals surface area contributed by atoms with Crippen LogP contribution in [0.3, 0.4) is 0 Å². The van der Waals surface area contributed by atoms with Gasteiger partial charge in [-0.1, -0.05) is 45.4 Å². The third-order valence-corrected chi connectivity index (χ3v) is 8.07. The van der Waals surface area contributed by atoms with E-state index in [1.807, 2.05) is 0 Å². The topological polar surface area (TPSA) is 74.6 Å². The molecule has 184 valence electrons. The van der Waals surface area contributed by atoms with Crippen LogP contribution < -0.4 is 5.32 Å². The number of aromatic amines is 1. The van der Waals surface area contributed by atoms with Crippen LogP contribution in [0.15, 0.2) is 30.5 Å². The molecule has 2 heterocycles. The Morgan fingerprint density at radius 3 is 2.63 bits per heavy atom. The highest BCUT2D eigenvalue weighted by Gasteiger charge is 2.42. The van der Waals surface area contributed by atoms with Crippen molar-refractivity contribution < 1.29 is 9.53 Å². The summed E-state index contributed by atoms with van der Waals surface area (Å²) >= 11 is 0. The predicted octanol–water partition coefficient (Wildman–Crippen LogP) is 5.91. The molecule has 7 nitrogen and oxygen atoms in total. The SMILES string of the molecule is [C-]#[N+]c1cnc(C(=O)Nc2ccc(C3(N4CCOCC4)CCCC3)cc2C2=CCC(C)(C)CC2)[nH]1. The zero-order valence-corrected chi connectivity index (χ0v) is 20.8. The molecule has 1 aromatic carbocycles. The second-order valence-corrected chi connectivity index (χ2v) is 10.9. The normalized spacial score (nSPS) is 21.8. The lowest BCUT2D eigenvalue weighted by atomic mass is 9.76. The van der Waals surface area contributed by atoms with Crippen LogP contribution in [0.4, 0.5) is 11.5 Å². The molecule has 0 spiro atoms. The summed E-state index contributed by atoms with van der Waals surface area (Å²) < 4.78 is 5.67. The van der Waals surface area contributed by atoms with Crippen LogP contribution >= 0.6 is 0 Å². The quantitative estimate of drug-likeness (QED) is 0.530. The van der Waals surface area contributed by atoms with Crippen molar-refractivity contribution in [1.29, 1.82) is 0 Å². The Morgan fingerprint density at radius 2 is 1.97 bits per heavy atom. The van der Waals surface area contributed by atoms with Gasteiger partial charge in [0.05, 0.1) is 19.4 Å². The van der Waals surface area contributed by atoms with E-state index < -0.39 is 0 Å². The van der Waals surface area contributed by atoms with Gasteiger partial charge in [-0.05, 0) is 60.8 Å². The summed E-state index contributed by atoms with van der Waals surface area (Å²) in [6.07, 6.45) is 11.7. The minimum atomic E-state index is -0.325. The monoisotopic (exact) mass is 473 g/mol. The number of amides is 1. The highest BCUT2D eigenvalue weighted by Crippen LogP contribution is 2.47. The van der Waals surface area contributed by atoms with E-state index in [-0.39, 0.29) is 23.1 Å². The Bertz CT molecular complexity index is 1160. The van der Waals surface area contributed by atoms with Crippen molar-refractivity contribution in [3.8, 4) is 0 Å². The number of benzene rings is 1. The number of carbonyl (C=O) groups is 1. The molecule has 5 rings (SSSR count). The molecule has 0 unspecified atom stereocenters. The minimum absolute atomic E-state index is 0.0428. The molecule has 1 saturated carbocycles. The number of ether oxygens (including phenoxy) is 1. The van der Waals surface area contributed by atoms with Crippen LogP contribution in [0, 0.1) is 12.0 Å². The Hall–Kier alpha value is -2.95. The predicted molar refractivity (Wildman–Crippen MR) is 137 cm³/mol. The molecule has 2 aromatic rings. The Balaban J connectivity index is 1.52. The van der Waals surface area contributed by atoms with Crippen molar-refractivity contribution >= 4 is 23.0 Å². The average molecular weight is 474 g/mol. The van der Waals surface area contributed by atoms with Crippen molar-refractivity contribution in [2.45, 2.75) is 64.3 Å². The molecule has 2 fully saturated rings. The zero-order chi connectivity index (χ0) is 24.5. The average Bonchev–Trinajstić information content (AvgIpc) is 3.56. The fraction of sp³-hybridized carbons (Fsp3) is 0.536. The smallest absolute Gasteiger partial charge is 0.314 e. The number of morpholine rings is 1. The first-order valence-electron chi connectivity index (χ1n) is 12.8. The van der Waals surface area contributed by atoms with Crippen molar-refractivity contribution in [2.75, 3.05) is 31.6 Å². The molecule has 1 aromatic heterocycles. The molecule has 0 bridgehead atoms. The summed E-state index contributed by atoms with van der Waals surface area (Å²) in [5, 5.41) is 3.08. The number of carbonyl (C=O) groups excluding carboxylic acids is 1. The van der Waals surface area contributed by atoms with E-state index in [4.69, 9.17) is 11.3 Å². The van der Waals surface area contributed by atoms with Gasteiger partial charge >= 0.3 is 5.91 Å². The van der Waals surface area contributed by atoms with Gasteiger partial charge in [-0.25, -0.2) is 4.98 Å². The maximum atomic E-state index is 13.0. The molecule has 1 amide bonds. The highest BCUT2D eigenvalue weighted by atomic mass is 16.5. The van der Waals surface area contributed by atoms with Gasteiger partial charge in [-0.15, -0.1) is 0 Å². The number of anilines is 1. The van der Waals surface area contributed by atoms with Crippen LogP contribution in [0.2, 0.25) is 0 Å². The molecule has 1 saturated heterocycles. The molecular formula is C28H35N5O2. The number of nitrogens with zero attached hydrogens (tertiary/aromatic N) is 3. The number of rotatable bonds is 5. The summed E-state index contributed by atoms with van der Waals surface area (Å²) in [5.41, 5.74) is 4.92. The van der Waals surface area contributed by atoms with Crippen LogP contribution in [-0.2, 0) is 10.3 Å². The van der Waals surface area contributed by atoms with E-state index in [0.717, 1.165) is 69.7 Å². The standard InChI is InChI=1S/C28H35N5O2/c1-27(2)12-8-20(9-13-27)22-18-21(28(10-4-5-11-28)33-14-16-35-17-15-33)6-7-23(22)31-26(34)25-30-19-24(29-3)32-25/h6-8,18-19H,4-5,9-17H2,1-2H3,(H,30,32)(H,31,34). The number of nitrogens with one attached hydrogen (secondary N) is 2. The number of hydrogen-bond donors (Lipinski definition) is 2. The number of H-pyrrole nitrogens is 1. The van der Waals surface area contributed by atoms with Gasteiger partial charge in [-0.3, -0.25) is 14.7 Å². The first kappa shape index (κ1) is 23.8. The molecule has 1 aliphatic heterocycles. The van der Waals surface area contributed by atoms with E-state index in [9.17, 15) is 4.79 Å². The van der Waals surface area contributed by atoms with E-state index >= 15 is 0 Å². The maximum Gasteiger partial charge on any atom is 0.314 e. The molecule has 0 atom stereocenters. The van der Waals surface area contributed by atoms with Crippen LogP contribution in [0.5, 0.6) is 0 Å². The molecule has 2 aliphatic carbocycles. The summed E-state index contributed by atoms with van der Waals surface area (Å²) in [5.74, 6) is 0.0939. The number of hydrogen-bond acceptors (Lipinski definition) is 4. The van der Waals surface area contributed by atoms with E-state index in [1.54, 1.807) is 0 Å². The molecule has 7 heteroatoms. The van der Waals surface area contributed by atoms with Crippen molar-refractivity contribution in [2.24, 2.45) is 5.41 Å². The third kappa shape index (κ3) is 4.78. The van der Waals surface area contributed by atoms with E-state index in [0.29, 0.717) is 5.41 Å². The lowest BCUT2D eigenvalue weighted by molar-refractivity contribution is -0.0231. The Labute approximate surface area is 207 Å². The van der Waals surface area contributed by atoms with Crippen molar-refractivity contribution in [1.82, 2.24) is 14.9 Å². The van der Waals surface area contributed by atoms with Gasteiger partial charge < -0.3 is 14.9 Å². The van der Waals surface area contributed by atoms with Gasteiger partial charge in [0.1, 0.15) is 0 Å². The molecule has 35 heavy (non-hydrogen) atoms. The molecule has 2 N–H and O–H groups in total. The number of aromatic nitrogens is 2. The molecule has 0 radical (unpaired) electrons. The highest BCUT2D eigenvalue weighted by molar-refractivity contribution is 6.03. The molecule has 3 aliphatic rings. The summed E-state index contributed by atoms with van der Waals surface area (Å²) in [4.78, 5) is 25.8. The fourth-order valence-electron chi connectivity index (χ4n) is 5.93. The second-order valence-electron chi connectivity index (χ2n) is 10.9. The van der Waals surface area contributed by atoms with Gasteiger partial charge in [0.25, 0.3) is 5.82 Å². The van der Waals surface area contributed by atoms with Crippen LogP contribution in [-0.4, -0.2) is 47.1 Å². The lowest BCUT2D eigenvalue weighted by Crippen LogP contribution is -2.50. The molecular weight excluding hydrogens is 438 g/mol. The summed E-state index contributed by atoms with van der Waals surface area (Å²) in [6.45, 7) is 15.3. The van der Waals surface area contributed by atoms with Gasteiger partial charge in [0, 0.05) is 29.9 Å². The zero-order valence-electron chi connectivity index (χ0n) is 20.8. The van der Waals surface area contributed by atoms with E-state index in [1.165, 1.54) is 30.2 Å². The van der Waals surface area contributed by atoms with Crippen LogP contribution in [0.25, 0.3) is 10.4 Å². The van der Waals surface area contributed by atoms with Gasteiger partial charge in [0.2, 0.25) is 5.82 Å². The Kier molecular flexibility index (Phi) is 6.52. The van der Waals surface area contributed by atoms with Crippen molar-refractivity contribution in [3.63, 3.8) is 0 Å². The van der Waals surface area contributed by atoms with E-state index in [2.05, 4.69) is 63.2 Å². The second kappa shape index (κ2) is 9.60. The number of allylic oxidation sites excluding steroid dienone is 2. The first-order valence-corrected chi connectivity index (χ1v) is 12.8. The maximum absolute atomic E-state index is 13.0. The summed E-state index contributed by atoms with van der Waals surface area (Å²) in [7, 11) is 0. The fourth-order valence-corrected chi connectivity index (χ4v) is 5.93. The number of imidazole rings is 1. The van der Waals surface area contributed by atoms with Gasteiger partial charge in [-0.2, -0.15) is 0 Å². The Morgan fingerprint density at radius 1 is 1.20 bits per heavy atom.